The molecule has 3 heterocycles. The van der Waals surface area contributed by atoms with Gasteiger partial charge in [-0.25, -0.2) is 0 Å². The first-order chi connectivity index (χ1) is 37.9. The quantitative estimate of drug-likeness (QED) is 0.154. The number of benzene rings is 7. The molecule has 6 heteroatoms. The lowest BCUT2D eigenvalue weighted by Crippen LogP contribution is -2.61. The van der Waals surface area contributed by atoms with Crippen LogP contribution in [0.25, 0.3) is 10.1 Å². The van der Waals surface area contributed by atoms with E-state index in [-0.39, 0.29) is 44.6 Å². The summed E-state index contributed by atoms with van der Waals surface area (Å²) >= 11 is 2.04. The fourth-order valence-corrected chi connectivity index (χ4v) is 17.7. The van der Waals surface area contributed by atoms with Crippen LogP contribution in [-0.4, -0.2) is 14.8 Å². The highest BCUT2D eigenvalue weighted by molar-refractivity contribution is 7.33. The lowest BCUT2D eigenvalue weighted by molar-refractivity contribution is 0.332. The van der Waals surface area contributed by atoms with Crippen LogP contribution >= 0.6 is 11.3 Å². The zero-order valence-corrected chi connectivity index (χ0v) is 54.1. The predicted octanol–water partition coefficient (Wildman–Crippen LogP) is 19.3. The van der Waals surface area contributed by atoms with E-state index in [1.165, 1.54) is 123 Å². The Morgan fingerprint density at radius 3 is 1.44 bits per heavy atom. The fraction of sp³-hybridized carbons (Fsp3) is 0.413. The van der Waals surface area contributed by atoms with Gasteiger partial charge in [-0.05, 0) is 205 Å². The third-order valence-corrected chi connectivity index (χ3v) is 24.2. The summed E-state index contributed by atoms with van der Waals surface area (Å²) in [5.74, 6) is 0. The fourth-order valence-electron chi connectivity index (χ4n) is 15.2. The van der Waals surface area contributed by atoms with E-state index in [9.17, 15) is 0 Å². The number of fused-ring (bicyclic) bond motifs is 9. The van der Waals surface area contributed by atoms with Crippen molar-refractivity contribution in [3.8, 4) is 0 Å². The summed E-state index contributed by atoms with van der Waals surface area (Å²) in [5.41, 5.74) is 24.6. The van der Waals surface area contributed by atoms with Gasteiger partial charge in [0, 0.05) is 54.7 Å². The van der Waals surface area contributed by atoms with Crippen LogP contribution in [0.4, 0.5) is 51.2 Å². The molecule has 2 aliphatic heterocycles. The van der Waals surface area contributed by atoms with Gasteiger partial charge in [-0.15, -0.1) is 11.3 Å². The Kier molecular flexibility index (Phi) is 12.0. The Hall–Kier alpha value is -5.82. The van der Waals surface area contributed by atoms with Crippen LogP contribution in [0.3, 0.4) is 0 Å². The van der Waals surface area contributed by atoms with Crippen molar-refractivity contribution in [3.05, 3.63) is 172 Å². The highest BCUT2D eigenvalue weighted by Gasteiger charge is 2.50. The van der Waals surface area contributed by atoms with Gasteiger partial charge in [0.05, 0.1) is 19.4 Å². The number of rotatable bonds is 6. The van der Waals surface area contributed by atoms with Crippen LogP contribution in [0.15, 0.2) is 133 Å². The van der Waals surface area contributed by atoms with Crippen molar-refractivity contribution in [2.24, 2.45) is 0 Å². The number of para-hydroxylation sites is 1. The van der Waals surface area contributed by atoms with Crippen molar-refractivity contribution in [1.82, 2.24) is 0 Å². The second-order valence-electron chi connectivity index (χ2n) is 31.5. The molecule has 0 radical (unpaired) electrons. The van der Waals surface area contributed by atoms with Crippen molar-refractivity contribution < 1.29 is 0 Å². The summed E-state index contributed by atoms with van der Waals surface area (Å²) in [5, 5.41) is 2.82. The first-order valence-corrected chi connectivity index (χ1v) is 35.0. The van der Waals surface area contributed by atoms with Gasteiger partial charge in [-0.1, -0.05) is 183 Å². The molecule has 5 aliphatic rings. The van der Waals surface area contributed by atoms with E-state index in [0.717, 1.165) is 37.1 Å². The Morgan fingerprint density at radius 2 is 0.926 bits per heavy atom. The molecular formula is C75H88BN3SSi. The molecule has 1 aromatic heterocycles. The summed E-state index contributed by atoms with van der Waals surface area (Å²) in [4.78, 5) is 8.08. The van der Waals surface area contributed by atoms with Gasteiger partial charge in [0.1, 0.15) is 0 Å². The third-order valence-electron chi connectivity index (χ3n) is 20.9. The molecule has 81 heavy (non-hydrogen) atoms. The number of hydrogen-bond acceptors (Lipinski definition) is 4. The van der Waals surface area contributed by atoms with Crippen molar-refractivity contribution in [2.75, 3.05) is 14.7 Å². The van der Waals surface area contributed by atoms with Crippen molar-refractivity contribution >= 4 is 108 Å². The van der Waals surface area contributed by atoms with Crippen molar-refractivity contribution in [2.45, 2.75) is 200 Å². The molecule has 3 nitrogen and oxygen atoms in total. The highest BCUT2D eigenvalue weighted by atomic mass is 32.1. The Labute approximate surface area is 492 Å². The molecule has 0 spiro atoms. The molecule has 0 atom stereocenters. The molecule has 0 bridgehead atoms. The minimum Gasteiger partial charge on any atom is -0.311 e. The van der Waals surface area contributed by atoms with Gasteiger partial charge < -0.3 is 14.7 Å². The summed E-state index contributed by atoms with van der Waals surface area (Å²) < 4.78 is 2.79. The van der Waals surface area contributed by atoms with Crippen LogP contribution in [0.2, 0.25) is 19.6 Å². The number of nitrogens with zero attached hydrogens (tertiary/aromatic N) is 3. The van der Waals surface area contributed by atoms with Crippen LogP contribution in [0.5, 0.6) is 0 Å². The van der Waals surface area contributed by atoms with Crippen LogP contribution < -0.4 is 35.6 Å². The maximum absolute atomic E-state index is 2.77. The van der Waals surface area contributed by atoms with E-state index in [4.69, 9.17) is 0 Å². The standard InChI is InChI=1S/C75H88BN3SSi/c1-69(2,3)47-24-33-65-54(40-47)67-68(80-65)76-61-45-59-60(75(14,15)39-38-74(59,12)13)46-62(61)78(50-27-31-55-57(41-50)72(8,9)36-34-70(55,4)5)63-43-52(77(48-22-20-19-21-23-48)49-25-29-53(30-26-49)81(16,17)18)44-64(66(63)76)79(67)51-28-32-56-58(42-51)73(10,11)37-35-71(56,6)7/h19-33,40-46H,34-39H2,1-18H3. The van der Waals surface area contributed by atoms with Crippen LogP contribution in [0, 0.1) is 0 Å². The molecule has 0 amide bonds. The first kappa shape index (κ1) is 54.4. The average molecular weight is 1100 g/mol. The van der Waals surface area contributed by atoms with E-state index in [1.807, 2.05) is 11.3 Å². The Balaban J connectivity index is 1.21. The molecule has 0 saturated carbocycles. The molecule has 7 aromatic carbocycles. The van der Waals surface area contributed by atoms with Gasteiger partial charge in [-0.2, -0.15) is 0 Å². The number of anilines is 9. The summed E-state index contributed by atoms with van der Waals surface area (Å²) in [6.45, 7) is 44.4. The highest BCUT2D eigenvalue weighted by Crippen LogP contribution is 2.56. The van der Waals surface area contributed by atoms with Crippen molar-refractivity contribution in [1.29, 1.82) is 0 Å². The molecule has 0 fully saturated rings. The van der Waals surface area contributed by atoms with Crippen molar-refractivity contribution in [3.63, 3.8) is 0 Å². The molecule has 0 unspecified atom stereocenters. The smallest absolute Gasteiger partial charge is 0.264 e. The molecule has 3 aliphatic carbocycles. The lowest BCUT2D eigenvalue weighted by atomic mass is 9.35. The van der Waals surface area contributed by atoms with E-state index in [2.05, 4.69) is 272 Å². The van der Waals surface area contributed by atoms with Gasteiger partial charge >= 0.3 is 0 Å². The zero-order chi connectivity index (χ0) is 57.5. The summed E-state index contributed by atoms with van der Waals surface area (Å²) in [7, 11) is -1.60. The summed E-state index contributed by atoms with van der Waals surface area (Å²) in [6.07, 6.45) is 7.01. The van der Waals surface area contributed by atoms with Gasteiger partial charge in [-0.3, -0.25) is 0 Å². The first-order valence-electron chi connectivity index (χ1n) is 30.7. The average Bonchev–Trinajstić information content (AvgIpc) is 2.07. The number of thiophene rings is 1. The molecule has 0 N–H and O–H groups in total. The monoisotopic (exact) mass is 1100 g/mol. The summed E-state index contributed by atoms with van der Waals surface area (Å²) in [6, 6.07) is 54.2. The Bertz CT molecular complexity index is 3880. The van der Waals surface area contributed by atoms with E-state index in [0.29, 0.717) is 0 Å². The topological polar surface area (TPSA) is 9.72 Å². The van der Waals surface area contributed by atoms with E-state index in [1.54, 1.807) is 0 Å². The van der Waals surface area contributed by atoms with E-state index < -0.39 is 8.07 Å². The maximum Gasteiger partial charge on any atom is 0.264 e. The van der Waals surface area contributed by atoms with Gasteiger partial charge in [0.15, 0.2) is 0 Å². The minimum atomic E-state index is -1.60. The molecular weight excluding hydrogens is 1010 g/mol. The maximum atomic E-state index is 2.77. The second kappa shape index (κ2) is 17.9. The Morgan fingerprint density at radius 1 is 0.457 bits per heavy atom. The third kappa shape index (κ3) is 8.58. The van der Waals surface area contributed by atoms with Gasteiger partial charge in [0.25, 0.3) is 6.71 Å². The predicted molar refractivity (Wildman–Crippen MR) is 358 cm³/mol. The van der Waals surface area contributed by atoms with Crippen LogP contribution in [0.1, 0.15) is 181 Å². The molecule has 8 aromatic rings. The molecule has 0 saturated heterocycles. The normalized spacial score (nSPS) is 19.5. The number of hydrogen-bond donors (Lipinski definition) is 0. The molecule has 416 valence electrons. The van der Waals surface area contributed by atoms with Crippen LogP contribution in [-0.2, 0) is 37.9 Å². The largest absolute Gasteiger partial charge is 0.311 e. The SMILES string of the molecule is CC(C)(C)c1ccc2sc3c(c2c1)N(c1ccc2c(c1)C(C)(C)CCC2(C)C)c1cc(N(c2ccccc2)c2ccc([Si](C)(C)C)cc2)cc2c1B3c1cc3c(cc1N2c1ccc2c(c1)C(C)(C)CCC2(C)C)C(C)(C)CCC3(C)C. The van der Waals surface area contributed by atoms with Gasteiger partial charge in [0.2, 0.25) is 0 Å². The zero-order valence-electron chi connectivity index (χ0n) is 52.3. The molecule has 13 rings (SSSR count). The second-order valence-corrected chi connectivity index (χ2v) is 37.6. The minimum absolute atomic E-state index is 0.00891. The van der Waals surface area contributed by atoms with E-state index >= 15 is 0 Å². The lowest BCUT2D eigenvalue weighted by Gasteiger charge is -2.48.